The van der Waals surface area contributed by atoms with E-state index < -0.39 is 0 Å². The Hall–Kier alpha value is -1.75. The van der Waals surface area contributed by atoms with E-state index in [1.54, 1.807) is 0 Å². The Bertz CT molecular complexity index is 549. The van der Waals surface area contributed by atoms with Crippen LogP contribution in [-0.2, 0) is 0 Å². The number of piperazine rings is 1. The van der Waals surface area contributed by atoms with Crippen molar-refractivity contribution in [2.75, 3.05) is 38.5 Å². The second kappa shape index (κ2) is 6.57. The van der Waals surface area contributed by atoms with Crippen molar-refractivity contribution < 1.29 is 0 Å². The highest BCUT2D eigenvalue weighted by Crippen LogP contribution is 2.22. The fourth-order valence-electron chi connectivity index (χ4n) is 3.10. The maximum Gasteiger partial charge on any atom is 0.203 e. The summed E-state index contributed by atoms with van der Waals surface area (Å²) in [5.41, 5.74) is 1.44. The van der Waals surface area contributed by atoms with Gasteiger partial charge in [0.15, 0.2) is 0 Å². The first kappa shape index (κ1) is 15.2. The lowest BCUT2D eigenvalue weighted by atomic mass is 10.0. The number of anilines is 1. The van der Waals surface area contributed by atoms with E-state index in [1.807, 2.05) is 12.4 Å². The topological polar surface area (TPSA) is 36.3 Å². The highest BCUT2D eigenvalue weighted by Gasteiger charge is 2.21. The molecule has 1 saturated heterocycles. The van der Waals surface area contributed by atoms with Crippen LogP contribution in [-0.4, -0.2) is 58.6 Å². The van der Waals surface area contributed by atoms with Gasteiger partial charge in [0.25, 0.3) is 0 Å². The largest absolute Gasteiger partial charge is 0.372 e. The number of nitrogens with one attached hydrogen (secondary N) is 1. The predicted octanol–water partition coefficient (Wildman–Crippen LogP) is 2.34. The van der Waals surface area contributed by atoms with E-state index in [9.17, 15) is 0 Å². The van der Waals surface area contributed by atoms with Crippen molar-refractivity contribution in [2.24, 2.45) is 0 Å². The zero-order valence-electron chi connectivity index (χ0n) is 13.9. The van der Waals surface area contributed by atoms with E-state index in [-0.39, 0.29) is 0 Å². The average Bonchev–Trinajstić information content (AvgIpc) is 2.96. The molecule has 2 aliphatic rings. The molecule has 1 N–H and O–H groups in total. The minimum Gasteiger partial charge on any atom is -0.372 e. The van der Waals surface area contributed by atoms with Crippen molar-refractivity contribution in [1.29, 1.82) is 0 Å². The van der Waals surface area contributed by atoms with E-state index in [1.165, 1.54) is 5.70 Å². The molecule has 5 heteroatoms. The monoisotopic (exact) mass is 301 g/mol. The molecule has 1 aliphatic heterocycles. The van der Waals surface area contributed by atoms with E-state index in [0.29, 0.717) is 12.1 Å². The number of allylic oxidation sites excluding steroid dienone is 2. The van der Waals surface area contributed by atoms with Crippen LogP contribution >= 0.6 is 0 Å². The van der Waals surface area contributed by atoms with Crippen molar-refractivity contribution in [1.82, 2.24) is 19.4 Å². The molecule has 0 amide bonds. The second-order valence-electron chi connectivity index (χ2n) is 6.54. The van der Waals surface area contributed by atoms with Gasteiger partial charge in [-0.25, -0.2) is 4.98 Å². The lowest BCUT2D eigenvalue weighted by molar-refractivity contribution is 0.181. The van der Waals surface area contributed by atoms with Gasteiger partial charge < -0.3 is 19.7 Å². The van der Waals surface area contributed by atoms with Gasteiger partial charge in [-0.2, -0.15) is 0 Å². The van der Waals surface area contributed by atoms with E-state index in [0.717, 1.165) is 38.5 Å². The molecule has 0 spiro atoms. The first-order chi connectivity index (χ1) is 10.6. The molecule has 0 radical (unpaired) electrons. The molecular weight excluding hydrogens is 274 g/mol. The van der Waals surface area contributed by atoms with Crippen LogP contribution in [0.1, 0.15) is 26.3 Å². The zero-order chi connectivity index (χ0) is 15.5. The molecule has 0 bridgehead atoms. The minimum atomic E-state index is 0.319. The Balaban J connectivity index is 1.62. The quantitative estimate of drug-likeness (QED) is 0.926. The molecule has 2 heterocycles. The Morgan fingerprint density at radius 1 is 1.23 bits per heavy atom. The fourth-order valence-corrected chi connectivity index (χ4v) is 3.10. The number of likely N-dealkylation sites (N-methyl/N-ethyl adjacent to an activating group) is 1. The summed E-state index contributed by atoms with van der Waals surface area (Å²) in [6, 6.07) is 0.741. The Labute approximate surface area is 133 Å². The molecule has 1 aliphatic carbocycles. The summed E-state index contributed by atoms with van der Waals surface area (Å²) in [6.07, 6.45) is 11.6. The molecule has 3 rings (SSSR count). The molecule has 1 aromatic rings. The van der Waals surface area contributed by atoms with Gasteiger partial charge in [-0.3, -0.25) is 0 Å². The van der Waals surface area contributed by atoms with Crippen LogP contribution in [0.15, 0.2) is 36.3 Å². The Kier molecular flexibility index (Phi) is 4.52. The summed E-state index contributed by atoms with van der Waals surface area (Å²) in [5.74, 6) is 0.962. The van der Waals surface area contributed by atoms with E-state index in [2.05, 4.69) is 63.8 Å². The van der Waals surface area contributed by atoms with Crippen molar-refractivity contribution in [3.8, 4) is 0 Å². The lowest BCUT2D eigenvalue weighted by Crippen LogP contribution is -2.44. The summed E-state index contributed by atoms with van der Waals surface area (Å²) in [5, 5.41) is 3.58. The molecular formula is C17H27N5. The molecule has 0 saturated carbocycles. The maximum atomic E-state index is 4.46. The van der Waals surface area contributed by atoms with Crippen LogP contribution in [0.5, 0.6) is 0 Å². The van der Waals surface area contributed by atoms with Crippen LogP contribution in [0.4, 0.5) is 5.95 Å². The van der Waals surface area contributed by atoms with Crippen LogP contribution in [0.25, 0.3) is 0 Å². The van der Waals surface area contributed by atoms with Crippen molar-refractivity contribution in [3.05, 3.63) is 36.3 Å². The van der Waals surface area contributed by atoms with Gasteiger partial charge in [0.2, 0.25) is 5.95 Å². The molecule has 22 heavy (non-hydrogen) atoms. The van der Waals surface area contributed by atoms with Crippen molar-refractivity contribution in [2.45, 2.75) is 32.4 Å². The van der Waals surface area contributed by atoms with E-state index >= 15 is 0 Å². The van der Waals surface area contributed by atoms with Gasteiger partial charge in [0, 0.05) is 56.7 Å². The molecule has 5 nitrogen and oxygen atoms in total. The van der Waals surface area contributed by atoms with Crippen LogP contribution in [0.2, 0.25) is 0 Å². The number of rotatable bonds is 4. The van der Waals surface area contributed by atoms with Gasteiger partial charge in [0.05, 0.1) is 6.04 Å². The normalized spacial score (nSPS) is 23.0. The minimum absolute atomic E-state index is 0.319. The molecule has 1 atom stereocenters. The smallest absolute Gasteiger partial charge is 0.203 e. The number of hydrogen-bond donors (Lipinski definition) is 1. The second-order valence-corrected chi connectivity index (χ2v) is 6.54. The van der Waals surface area contributed by atoms with Crippen molar-refractivity contribution >= 4 is 5.95 Å². The standard InChI is InChI=1S/C17H27N5/c1-14(2)22-8-7-18-17(22)19-15-5-4-6-16(13-15)21-11-9-20(3)10-12-21/h4-8,14-15H,9-13H2,1-3H3,(H,18,19). The molecule has 1 unspecified atom stereocenters. The maximum absolute atomic E-state index is 4.46. The Morgan fingerprint density at radius 2 is 2.00 bits per heavy atom. The van der Waals surface area contributed by atoms with Crippen molar-refractivity contribution in [3.63, 3.8) is 0 Å². The number of aromatic nitrogens is 2. The van der Waals surface area contributed by atoms with Gasteiger partial charge >= 0.3 is 0 Å². The highest BCUT2D eigenvalue weighted by atomic mass is 15.3. The Morgan fingerprint density at radius 3 is 2.73 bits per heavy atom. The summed E-state index contributed by atoms with van der Waals surface area (Å²) in [6.45, 7) is 8.92. The van der Waals surface area contributed by atoms with Crippen LogP contribution < -0.4 is 5.32 Å². The van der Waals surface area contributed by atoms with Gasteiger partial charge in [-0.15, -0.1) is 0 Å². The van der Waals surface area contributed by atoms with Gasteiger partial charge in [0.1, 0.15) is 0 Å². The molecule has 120 valence electrons. The third-order valence-electron chi connectivity index (χ3n) is 4.51. The number of hydrogen-bond acceptors (Lipinski definition) is 4. The van der Waals surface area contributed by atoms with Crippen LogP contribution in [0.3, 0.4) is 0 Å². The van der Waals surface area contributed by atoms with Gasteiger partial charge in [-0.1, -0.05) is 12.2 Å². The first-order valence-electron chi connectivity index (χ1n) is 8.23. The lowest BCUT2D eigenvalue weighted by Gasteiger charge is -2.37. The predicted molar refractivity (Wildman–Crippen MR) is 90.9 cm³/mol. The molecule has 1 aromatic heterocycles. The average molecular weight is 301 g/mol. The highest BCUT2D eigenvalue weighted by molar-refractivity contribution is 5.34. The SMILES string of the molecule is CC(C)n1ccnc1NC1C=CC=C(N2CCN(C)CC2)C1. The third-order valence-corrected chi connectivity index (χ3v) is 4.51. The summed E-state index contributed by atoms with van der Waals surface area (Å²) in [7, 11) is 2.20. The van der Waals surface area contributed by atoms with Crippen LogP contribution in [0, 0.1) is 0 Å². The fraction of sp³-hybridized carbons (Fsp3) is 0.588. The summed E-state index contributed by atoms with van der Waals surface area (Å²) >= 11 is 0. The van der Waals surface area contributed by atoms with E-state index in [4.69, 9.17) is 0 Å². The molecule has 1 fully saturated rings. The zero-order valence-corrected chi connectivity index (χ0v) is 13.9. The third kappa shape index (κ3) is 3.35. The first-order valence-corrected chi connectivity index (χ1v) is 8.23. The number of nitrogens with zero attached hydrogens (tertiary/aromatic N) is 4. The molecule has 0 aromatic carbocycles. The number of imidazole rings is 1. The summed E-state index contributed by atoms with van der Waals surface area (Å²) < 4.78 is 2.18. The van der Waals surface area contributed by atoms with Gasteiger partial charge in [-0.05, 0) is 27.0 Å². The summed E-state index contributed by atoms with van der Waals surface area (Å²) in [4.78, 5) is 9.37.